The van der Waals surface area contributed by atoms with Crippen LogP contribution >= 0.6 is 0 Å². The molecule has 0 radical (unpaired) electrons. The number of nitrogens with one attached hydrogen (secondary N) is 2. The van der Waals surface area contributed by atoms with Gasteiger partial charge in [0.2, 0.25) is 15.9 Å². The summed E-state index contributed by atoms with van der Waals surface area (Å²) < 4.78 is 31.8. The van der Waals surface area contributed by atoms with Crippen LogP contribution in [-0.4, -0.2) is 49.7 Å². The monoisotopic (exact) mass is 397 g/mol. The molecule has 2 rings (SSSR count). The molecule has 1 atom stereocenters. The van der Waals surface area contributed by atoms with Gasteiger partial charge in [-0.05, 0) is 44.0 Å². The zero-order valence-electron chi connectivity index (χ0n) is 15.2. The van der Waals surface area contributed by atoms with Crippen LogP contribution in [0.4, 0.5) is 0 Å². The Morgan fingerprint density at radius 1 is 1.15 bits per heavy atom. The molecule has 1 aromatic carbocycles. The maximum atomic E-state index is 12.7. The molecule has 148 valence electrons. The summed E-state index contributed by atoms with van der Waals surface area (Å²) in [7, 11) is -3.62. The highest BCUT2D eigenvalue weighted by atomic mass is 32.2. The molecule has 1 fully saturated rings. The van der Waals surface area contributed by atoms with Gasteiger partial charge in [0.25, 0.3) is 5.91 Å². The van der Waals surface area contributed by atoms with Crippen molar-refractivity contribution in [2.45, 2.75) is 44.0 Å². The number of carbonyl (C=O) groups is 3. The van der Waals surface area contributed by atoms with E-state index in [0.29, 0.717) is 6.54 Å². The van der Waals surface area contributed by atoms with Crippen molar-refractivity contribution < 1.29 is 27.5 Å². The Bertz CT molecular complexity index is 806. The van der Waals surface area contributed by atoms with Crippen molar-refractivity contribution >= 4 is 27.8 Å². The van der Waals surface area contributed by atoms with Crippen LogP contribution in [0.1, 0.15) is 43.5 Å². The molecule has 0 spiro atoms. The average molecular weight is 397 g/mol. The number of hydrogen-bond donors (Lipinski definition) is 2. The highest BCUT2D eigenvalue weighted by Crippen LogP contribution is 2.25. The van der Waals surface area contributed by atoms with Gasteiger partial charge in [0, 0.05) is 19.5 Å². The first-order chi connectivity index (χ1) is 12.7. The van der Waals surface area contributed by atoms with Crippen molar-refractivity contribution in [3.05, 3.63) is 29.8 Å². The van der Waals surface area contributed by atoms with Crippen LogP contribution in [-0.2, 0) is 24.3 Å². The average Bonchev–Trinajstić information content (AvgIpc) is 2.64. The molecule has 2 amide bonds. The van der Waals surface area contributed by atoms with E-state index >= 15 is 0 Å². The summed E-state index contributed by atoms with van der Waals surface area (Å²) in [5, 5.41) is 0. The van der Waals surface area contributed by atoms with E-state index in [1.165, 1.54) is 35.5 Å². The van der Waals surface area contributed by atoms with E-state index in [4.69, 9.17) is 4.74 Å². The van der Waals surface area contributed by atoms with E-state index in [2.05, 4.69) is 10.9 Å². The second-order valence-electron chi connectivity index (χ2n) is 6.29. The lowest BCUT2D eigenvalue weighted by molar-refractivity contribution is -0.129. The summed E-state index contributed by atoms with van der Waals surface area (Å²) in [5.41, 5.74) is 4.24. The number of esters is 1. The Kier molecular flexibility index (Phi) is 6.92. The predicted molar refractivity (Wildman–Crippen MR) is 95.9 cm³/mol. The first-order valence-corrected chi connectivity index (χ1v) is 10.0. The molecule has 9 nitrogen and oxygen atoms in total. The highest BCUT2D eigenvalue weighted by Gasteiger charge is 2.30. The van der Waals surface area contributed by atoms with E-state index in [1.807, 2.05) is 6.92 Å². The van der Waals surface area contributed by atoms with Gasteiger partial charge < -0.3 is 4.74 Å². The number of piperidine rings is 1. The van der Waals surface area contributed by atoms with Gasteiger partial charge in [0.15, 0.2) is 6.61 Å². The van der Waals surface area contributed by atoms with Crippen LogP contribution in [0.5, 0.6) is 0 Å². The topological polar surface area (TPSA) is 122 Å². The fourth-order valence-corrected chi connectivity index (χ4v) is 4.43. The van der Waals surface area contributed by atoms with Crippen LogP contribution in [0.3, 0.4) is 0 Å². The molecule has 0 bridgehead atoms. The first-order valence-electron chi connectivity index (χ1n) is 8.56. The van der Waals surface area contributed by atoms with Gasteiger partial charge in [-0.25, -0.2) is 13.2 Å². The fraction of sp³-hybridized carbons (Fsp3) is 0.471. The van der Waals surface area contributed by atoms with Crippen LogP contribution in [0.15, 0.2) is 29.2 Å². The van der Waals surface area contributed by atoms with Gasteiger partial charge in [-0.2, -0.15) is 4.31 Å². The van der Waals surface area contributed by atoms with E-state index in [-0.39, 0.29) is 16.5 Å². The molecule has 1 saturated heterocycles. The largest absolute Gasteiger partial charge is 0.452 e. The number of hydrogen-bond acceptors (Lipinski definition) is 6. The third kappa shape index (κ3) is 5.51. The maximum absolute atomic E-state index is 12.7. The molecule has 1 heterocycles. The van der Waals surface area contributed by atoms with E-state index in [0.717, 1.165) is 19.3 Å². The second-order valence-corrected chi connectivity index (χ2v) is 8.18. The Balaban J connectivity index is 1.98. The fourth-order valence-electron chi connectivity index (χ4n) is 2.74. The van der Waals surface area contributed by atoms with Crippen LogP contribution < -0.4 is 10.9 Å². The Morgan fingerprint density at radius 2 is 1.81 bits per heavy atom. The molecular weight excluding hydrogens is 374 g/mol. The zero-order chi connectivity index (χ0) is 20.0. The third-order valence-electron chi connectivity index (χ3n) is 4.15. The minimum absolute atomic E-state index is 0.0597. The van der Waals surface area contributed by atoms with Crippen molar-refractivity contribution in [3.63, 3.8) is 0 Å². The molecule has 0 unspecified atom stereocenters. The van der Waals surface area contributed by atoms with E-state index < -0.39 is 34.4 Å². The van der Waals surface area contributed by atoms with Gasteiger partial charge in [-0.1, -0.05) is 6.42 Å². The summed E-state index contributed by atoms with van der Waals surface area (Å²) in [5.74, 6) is -1.94. The highest BCUT2D eigenvalue weighted by molar-refractivity contribution is 7.89. The lowest BCUT2D eigenvalue weighted by Crippen LogP contribution is -2.42. The summed E-state index contributed by atoms with van der Waals surface area (Å²) >= 11 is 0. The molecule has 0 saturated carbocycles. The summed E-state index contributed by atoms with van der Waals surface area (Å²) in [4.78, 5) is 34.1. The summed E-state index contributed by atoms with van der Waals surface area (Å²) in [6.07, 6.45) is 2.66. The second kappa shape index (κ2) is 8.96. The molecule has 0 aromatic heterocycles. The number of rotatable bonds is 5. The van der Waals surface area contributed by atoms with Crippen molar-refractivity contribution in [1.82, 2.24) is 15.2 Å². The van der Waals surface area contributed by atoms with Crippen molar-refractivity contribution in [3.8, 4) is 0 Å². The quantitative estimate of drug-likeness (QED) is 0.553. The van der Waals surface area contributed by atoms with E-state index in [1.54, 1.807) is 0 Å². The molecule has 10 heteroatoms. The number of benzene rings is 1. The van der Waals surface area contributed by atoms with Gasteiger partial charge in [0.1, 0.15) is 0 Å². The number of carbonyl (C=O) groups excluding carboxylic acids is 3. The lowest BCUT2D eigenvalue weighted by Gasteiger charge is -2.32. The Hall–Kier alpha value is -2.46. The number of amides is 2. The maximum Gasteiger partial charge on any atom is 0.338 e. The summed E-state index contributed by atoms with van der Waals surface area (Å²) in [6, 6.07) is 5.33. The minimum atomic E-state index is -3.62. The van der Waals surface area contributed by atoms with Gasteiger partial charge >= 0.3 is 5.97 Å². The first kappa shape index (κ1) is 20.8. The van der Waals surface area contributed by atoms with Gasteiger partial charge in [0.05, 0.1) is 10.5 Å². The number of sulfonamides is 1. The normalized spacial score (nSPS) is 17.8. The Labute approximate surface area is 158 Å². The molecule has 0 aliphatic carbocycles. The molecule has 1 aliphatic rings. The van der Waals surface area contributed by atoms with Crippen molar-refractivity contribution in [2.75, 3.05) is 13.2 Å². The van der Waals surface area contributed by atoms with Crippen LogP contribution in [0.2, 0.25) is 0 Å². The van der Waals surface area contributed by atoms with Crippen LogP contribution in [0, 0.1) is 0 Å². The van der Waals surface area contributed by atoms with Crippen LogP contribution in [0.25, 0.3) is 0 Å². The Morgan fingerprint density at radius 3 is 2.41 bits per heavy atom. The standard InChI is InChI=1S/C17H23N3O6S/c1-12-5-3-4-10-20(12)27(24,25)15-8-6-14(7-9-15)17(23)26-11-16(22)19-18-13(2)21/h6-9,12H,3-5,10-11H2,1-2H3,(H,18,21)(H,19,22)/t12-/m1/s1. The number of ether oxygens (including phenoxy) is 1. The SMILES string of the molecule is CC(=O)NNC(=O)COC(=O)c1ccc(S(=O)(=O)N2CCCC[C@H]2C)cc1. The smallest absolute Gasteiger partial charge is 0.338 e. The zero-order valence-corrected chi connectivity index (χ0v) is 16.0. The molecule has 1 aromatic rings. The van der Waals surface area contributed by atoms with Crippen molar-refractivity contribution in [1.29, 1.82) is 0 Å². The lowest BCUT2D eigenvalue weighted by atomic mass is 10.1. The molecular formula is C17H23N3O6S. The molecule has 2 N–H and O–H groups in total. The van der Waals surface area contributed by atoms with E-state index in [9.17, 15) is 22.8 Å². The minimum Gasteiger partial charge on any atom is -0.452 e. The molecule has 1 aliphatic heterocycles. The summed E-state index contributed by atoms with van der Waals surface area (Å²) in [6.45, 7) is 3.00. The number of hydrazine groups is 1. The number of nitrogens with zero attached hydrogens (tertiary/aromatic N) is 1. The molecule has 27 heavy (non-hydrogen) atoms. The third-order valence-corrected chi connectivity index (χ3v) is 6.18. The van der Waals surface area contributed by atoms with Crippen molar-refractivity contribution in [2.24, 2.45) is 0 Å². The van der Waals surface area contributed by atoms with Gasteiger partial charge in [-0.3, -0.25) is 20.4 Å². The van der Waals surface area contributed by atoms with Gasteiger partial charge in [-0.15, -0.1) is 0 Å². The predicted octanol–water partition coefficient (Wildman–Crippen LogP) is 0.574.